The topological polar surface area (TPSA) is 12.5 Å². The second kappa shape index (κ2) is 4.49. The predicted octanol–water partition coefficient (Wildman–Crippen LogP) is 1.12. The van der Waals surface area contributed by atoms with Gasteiger partial charge in [0.05, 0.1) is 12.6 Å². The van der Waals surface area contributed by atoms with Crippen LogP contribution in [-0.4, -0.2) is 36.7 Å². The summed E-state index contributed by atoms with van der Waals surface area (Å²) in [7, 11) is 0. The van der Waals surface area contributed by atoms with Crippen molar-refractivity contribution in [1.29, 1.82) is 0 Å². The van der Waals surface area contributed by atoms with Crippen LogP contribution in [-0.2, 0) is 4.74 Å². The van der Waals surface area contributed by atoms with Crippen LogP contribution in [0.1, 0.15) is 20.3 Å². The van der Waals surface area contributed by atoms with Crippen molar-refractivity contribution in [1.82, 2.24) is 4.90 Å². The van der Waals surface area contributed by atoms with E-state index in [0.717, 1.165) is 26.2 Å². The van der Waals surface area contributed by atoms with Crippen LogP contribution in [0.2, 0.25) is 0 Å². The summed E-state index contributed by atoms with van der Waals surface area (Å²) in [5, 5.41) is 0. The minimum atomic E-state index is 0.271. The van der Waals surface area contributed by atoms with Crippen LogP contribution < -0.4 is 0 Å². The van der Waals surface area contributed by atoms with Gasteiger partial charge in [-0.2, -0.15) is 0 Å². The molecule has 1 heterocycles. The molecule has 0 aliphatic carbocycles. The lowest BCUT2D eigenvalue weighted by Crippen LogP contribution is -2.40. The van der Waals surface area contributed by atoms with Gasteiger partial charge in [-0.05, 0) is 20.3 Å². The van der Waals surface area contributed by atoms with E-state index in [2.05, 4.69) is 24.7 Å². The van der Waals surface area contributed by atoms with E-state index in [-0.39, 0.29) is 6.04 Å². The fourth-order valence-electron chi connectivity index (χ4n) is 1.59. The number of terminal acetylenes is 1. The van der Waals surface area contributed by atoms with Gasteiger partial charge in [0.1, 0.15) is 0 Å². The first-order chi connectivity index (χ1) is 5.75. The number of nitrogens with zero attached hydrogens (tertiary/aromatic N) is 1. The highest BCUT2D eigenvalue weighted by atomic mass is 16.5. The summed E-state index contributed by atoms with van der Waals surface area (Å²) in [6, 6.07) is 0.792. The molecule has 0 aromatic heterocycles. The summed E-state index contributed by atoms with van der Waals surface area (Å²) in [4.78, 5) is 2.33. The molecular formula is C10H17NO. The van der Waals surface area contributed by atoms with Gasteiger partial charge >= 0.3 is 0 Å². The number of hydrogen-bond acceptors (Lipinski definition) is 2. The first kappa shape index (κ1) is 9.57. The number of hydrogen-bond donors (Lipinski definition) is 0. The Morgan fingerprint density at radius 3 is 2.83 bits per heavy atom. The maximum atomic E-state index is 5.45. The van der Waals surface area contributed by atoms with Crippen molar-refractivity contribution in [3.05, 3.63) is 0 Å². The van der Waals surface area contributed by atoms with Crippen molar-refractivity contribution in [2.24, 2.45) is 0 Å². The van der Waals surface area contributed by atoms with Crippen molar-refractivity contribution in [2.45, 2.75) is 32.4 Å². The van der Waals surface area contributed by atoms with E-state index in [9.17, 15) is 0 Å². The van der Waals surface area contributed by atoms with E-state index in [1.807, 2.05) is 0 Å². The summed E-state index contributed by atoms with van der Waals surface area (Å²) >= 11 is 0. The average Bonchev–Trinajstić information content (AvgIpc) is 2.27. The van der Waals surface area contributed by atoms with E-state index in [1.165, 1.54) is 0 Å². The van der Waals surface area contributed by atoms with E-state index in [4.69, 9.17) is 11.2 Å². The fourth-order valence-corrected chi connectivity index (χ4v) is 1.59. The lowest BCUT2D eigenvalue weighted by Gasteiger charge is -2.28. The molecule has 12 heavy (non-hydrogen) atoms. The molecule has 1 aliphatic rings. The van der Waals surface area contributed by atoms with Gasteiger partial charge in [0.25, 0.3) is 0 Å². The van der Waals surface area contributed by atoms with E-state index < -0.39 is 0 Å². The van der Waals surface area contributed by atoms with E-state index in [1.54, 1.807) is 0 Å². The molecule has 1 aliphatic heterocycles. The SMILES string of the molecule is C#CC1CCOCCN1C(C)C. The van der Waals surface area contributed by atoms with Crippen LogP contribution in [0.3, 0.4) is 0 Å². The molecule has 68 valence electrons. The van der Waals surface area contributed by atoms with Crippen molar-refractivity contribution in [3.8, 4) is 12.3 Å². The molecule has 1 atom stereocenters. The summed E-state index contributed by atoms with van der Waals surface area (Å²) in [6.45, 7) is 6.94. The maximum Gasteiger partial charge on any atom is 0.0736 e. The Morgan fingerprint density at radius 1 is 1.50 bits per heavy atom. The Morgan fingerprint density at radius 2 is 2.25 bits per heavy atom. The lowest BCUT2D eigenvalue weighted by molar-refractivity contribution is 0.134. The smallest absolute Gasteiger partial charge is 0.0736 e. The molecule has 0 spiro atoms. The monoisotopic (exact) mass is 167 g/mol. The van der Waals surface area contributed by atoms with Gasteiger partial charge in [-0.25, -0.2) is 0 Å². The third-order valence-electron chi connectivity index (χ3n) is 2.29. The zero-order valence-electron chi connectivity index (χ0n) is 7.92. The molecular weight excluding hydrogens is 150 g/mol. The normalized spacial score (nSPS) is 26.7. The summed E-state index contributed by atoms with van der Waals surface area (Å²) in [6.07, 6.45) is 6.42. The van der Waals surface area contributed by atoms with Gasteiger partial charge in [0.15, 0.2) is 0 Å². The first-order valence-electron chi connectivity index (χ1n) is 4.55. The predicted molar refractivity (Wildman–Crippen MR) is 49.9 cm³/mol. The minimum absolute atomic E-state index is 0.271. The highest BCUT2D eigenvalue weighted by molar-refractivity contribution is 5.01. The molecule has 0 amide bonds. The van der Waals surface area contributed by atoms with Crippen molar-refractivity contribution in [2.75, 3.05) is 19.8 Å². The standard InChI is InChI=1S/C10H17NO/c1-4-10-5-7-12-8-6-11(10)9(2)3/h1,9-10H,5-8H2,2-3H3. The van der Waals surface area contributed by atoms with Crippen LogP contribution >= 0.6 is 0 Å². The molecule has 2 heteroatoms. The van der Waals surface area contributed by atoms with Crippen LogP contribution in [0.4, 0.5) is 0 Å². The fraction of sp³-hybridized carbons (Fsp3) is 0.800. The molecule has 0 radical (unpaired) electrons. The zero-order chi connectivity index (χ0) is 8.97. The largest absolute Gasteiger partial charge is 0.380 e. The first-order valence-corrected chi connectivity index (χ1v) is 4.55. The van der Waals surface area contributed by atoms with Crippen molar-refractivity contribution in [3.63, 3.8) is 0 Å². The average molecular weight is 167 g/mol. The molecule has 1 rings (SSSR count). The van der Waals surface area contributed by atoms with E-state index in [0.29, 0.717) is 6.04 Å². The van der Waals surface area contributed by atoms with Gasteiger partial charge in [0, 0.05) is 19.2 Å². The molecule has 2 nitrogen and oxygen atoms in total. The summed E-state index contributed by atoms with van der Waals surface area (Å²) in [5.74, 6) is 2.82. The Kier molecular flexibility index (Phi) is 3.58. The molecule has 0 saturated carbocycles. The van der Waals surface area contributed by atoms with Gasteiger partial charge in [0.2, 0.25) is 0 Å². The Labute approximate surface area is 74.9 Å². The Hall–Kier alpha value is -0.520. The van der Waals surface area contributed by atoms with Gasteiger partial charge < -0.3 is 4.74 Å². The molecule has 1 fully saturated rings. The molecule has 1 saturated heterocycles. The quantitative estimate of drug-likeness (QED) is 0.543. The molecule has 0 aromatic carbocycles. The highest BCUT2D eigenvalue weighted by Gasteiger charge is 2.20. The zero-order valence-corrected chi connectivity index (χ0v) is 7.92. The van der Waals surface area contributed by atoms with Gasteiger partial charge in [-0.15, -0.1) is 6.42 Å². The lowest BCUT2D eigenvalue weighted by atomic mass is 10.1. The van der Waals surface area contributed by atoms with Gasteiger partial charge in [-0.3, -0.25) is 4.90 Å². The third-order valence-corrected chi connectivity index (χ3v) is 2.29. The van der Waals surface area contributed by atoms with Crippen LogP contribution in [0.15, 0.2) is 0 Å². The molecule has 0 aromatic rings. The highest BCUT2D eigenvalue weighted by Crippen LogP contribution is 2.11. The second-order valence-electron chi connectivity index (χ2n) is 3.42. The summed E-state index contributed by atoms with van der Waals surface area (Å²) < 4.78 is 5.37. The Bertz CT molecular complexity index is 171. The maximum absolute atomic E-state index is 5.45. The number of ether oxygens (including phenoxy) is 1. The van der Waals surface area contributed by atoms with Crippen LogP contribution in [0, 0.1) is 12.3 Å². The minimum Gasteiger partial charge on any atom is -0.380 e. The second-order valence-corrected chi connectivity index (χ2v) is 3.42. The summed E-state index contributed by atoms with van der Waals surface area (Å²) in [5.41, 5.74) is 0. The molecule has 1 unspecified atom stereocenters. The third kappa shape index (κ3) is 2.23. The van der Waals surface area contributed by atoms with Gasteiger partial charge in [-0.1, -0.05) is 5.92 Å². The Balaban J connectivity index is 2.59. The molecule has 0 N–H and O–H groups in total. The molecule has 0 bridgehead atoms. The van der Waals surface area contributed by atoms with Crippen LogP contribution in [0.25, 0.3) is 0 Å². The van der Waals surface area contributed by atoms with Crippen molar-refractivity contribution >= 4 is 0 Å². The van der Waals surface area contributed by atoms with E-state index >= 15 is 0 Å². The van der Waals surface area contributed by atoms with Crippen LogP contribution in [0.5, 0.6) is 0 Å². The number of rotatable bonds is 1. The van der Waals surface area contributed by atoms with Crippen molar-refractivity contribution < 1.29 is 4.74 Å².